The molecule has 2 fully saturated rings. The summed E-state index contributed by atoms with van der Waals surface area (Å²) in [5.41, 5.74) is 5.68. The number of nitrogens with two attached hydrogens (primary N) is 1. The molecule has 3 N–H and O–H groups in total. The van der Waals surface area contributed by atoms with Crippen molar-refractivity contribution in [1.29, 1.82) is 0 Å². The SMILES string of the molecule is Cc1nc(C(C)(C)NC(=O)C2CC3CCCC(C2)C3N)no1.Cl. The van der Waals surface area contributed by atoms with Gasteiger partial charge in [0.25, 0.3) is 0 Å². The molecule has 2 atom stereocenters. The number of aryl methyl sites for hydroxylation is 1. The Balaban J connectivity index is 0.00000192. The zero-order valence-corrected chi connectivity index (χ0v) is 14.9. The Morgan fingerprint density at radius 3 is 2.43 bits per heavy atom. The van der Waals surface area contributed by atoms with Crippen molar-refractivity contribution in [2.45, 2.75) is 64.5 Å². The molecule has 6 nitrogen and oxygen atoms in total. The Morgan fingerprint density at radius 1 is 1.30 bits per heavy atom. The van der Waals surface area contributed by atoms with Gasteiger partial charge in [-0.2, -0.15) is 4.98 Å². The molecule has 1 aromatic rings. The first-order valence-electron chi connectivity index (χ1n) is 8.25. The number of carbonyl (C=O) groups excluding carboxylic acids is 1. The van der Waals surface area contributed by atoms with Crippen molar-refractivity contribution in [1.82, 2.24) is 15.5 Å². The summed E-state index contributed by atoms with van der Waals surface area (Å²) in [5.74, 6) is 2.18. The minimum absolute atomic E-state index is 0. The number of amides is 1. The van der Waals surface area contributed by atoms with Gasteiger partial charge in [0.2, 0.25) is 11.8 Å². The number of rotatable bonds is 3. The van der Waals surface area contributed by atoms with E-state index in [2.05, 4.69) is 15.5 Å². The number of halogens is 1. The number of nitrogens with one attached hydrogen (secondary N) is 1. The van der Waals surface area contributed by atoms with E-state index in [1.165, 1.54) is 6.42 Å². The highest BCUT2D eigenvalue weighted by Gasteiger charge is 2.41. The predicted molar refractivity (Wildman–Crippen MR) is 89.0 cm³/mol. The quantitative estimate of drug-likeness (QED) is 0.879. The molecule has 0 aromatic carbocycles. The highest BCUT2D eigenvalue weighted by atomic mass is 35.5. The average Bonchev–Trinajstić information content (AvgIpc) is 2.85. The summed E-state index contributed by atoms with van der Waals surface area (Å²) >= 11 is 0. The second-order valence-electron chi connectivity index (χ2n) is 7.45. The van der Waals surface area contributed by atoms with Crippen molar-refractivity contribution >= 4 is 18.3 Å². The summed E-state index contributed by atoms with van der Waals surface area (Å²) in [4.78, 5) is 16.9. The molecule has 0 aliphatic heterocycles. The van der Waals surface area contributed by atoms with E-state index in [4.69, 9.17) is 10.3 Å². The van der Waals surface area contributed by atoms with Crippen LogP contribution >= 0.6 is 12.4 Å². The maximum Gasteiger partial charge on any atom is 0.223 e. The normalized spacial score (nSPS) is 30.4. The van der Waals surface area contributed by atoms with Crippen LogP contribution in [0.1, 0.15) is 57.7 Å². The Morgan fingerprint density at radius 2 is 1.91 bits per heavy atom. The number of hydrogen-bond acceptors (Lipinski definition) is 5. The summed E-state index contributed by atoms with van der Waals surface area (Å²) < 4.78 is 5.02. The van der Waals surface area contributed by atoms with Crippen molar-refractivity contribution in [3.8, 4) is 0 Å². The van der Waals surface area contributed by atoms with Crippen LogP contribution in [0.3, 0.4) is 0 Å². The molecule has 23 heavy (non-hydrogen) atoms. The van der Waals surface area contributed by atoms with Crippen LogP contribution in [-0.4, -0.2) is 22.1 Å². The van der Waals surface area contributed by atoms with Crippen molar-refractivity contribution < 1.29 is 9.32 Å². The first-order valence-corrected chi connectivity index (χ1v) is 8.25. The summed E-state index contributed by atoms with van der Waals surface area (Å²) in [6.45, 7) is 5.56. The number of carbonyl (C=O) groups is 1. The zero-order valence-electron chi connectivity index (χ0n) is 14.0. The maximum atomic E-state index is 12.7. The number of hydrogen-bond donors (Lipinski definition) is 2. The van der Waals surface area contributed by atoms with Gasteiger partial charge < -0.3 is 15.6 Å². The zero-order chi connectivity index (χ0) is 15.9. The minimum atomic E-state index is -0.622. The van der Waals surface area contributed by atoms with Crippen LogP contribution in [0.2, 0.25) is 0 Å². The van der Waals surface area contributed by atoms with E-state index in [0.29, 0.717) is 23.6 Å². The van der Waals surface area contributed by atoms with Crippen molar-refractivity contribution in [2.75, 3.05) is 0 Å². The van der Waals surface area contributed by atoms with Crippen LogP contribution < -0.4 is 11.1 Å². The molecule has 0 saturated heterocycles. The Bertz CT molecular complexity index is 546. The standard InChI is InChI=1S/C16H26N4O2.ClH/c1-9-18-15(20-22-9)16(2,3)19-14(21)12-7-10-5-4-6-11(8-12)13(10)17;/h10-13H,4-8,17H2,1-3H3,(H,19,21);1H. The van der Waals surface area contributed by atoms with Crippen LogP contribution in [0.25, 0.3) is 0 Å². The first-order chi connectivity index (χ1) is 10.4. The fourth-order valence-electron chi connectivity index (χ4n) is 4.02. The Kier molecular flexibility index (Phi) is 5.36. The summed E-state index contributed by atoms with van der Waals surface area (Å²) in [6.07, 6.45) is 5.39. The van der Waals surface area contributed by atoms with Gasteiger partial charge in [-0.25, -0.2) is 0 Å². The lowest BCUT2D eigenvalue weighted by atomic mass is 9.65. The van der Waals surface area contributed by atoms with Gasteiger partial charge >= 0.3 is 0 Å². The monoisotopic (exact) mass is 342 g/mol. The fourth-order valence-corrected chi connectivity index (χ4v) is 4.02. The van der Waals surface area contributed by atoms with Crippen molar-refractivity contribution in [3.05, 3.63) is 11.7 Å². The third-order valence-electron chi connectivity index (χ3n) is 5.31. The molecular weight excluding hydrogens is 316 g/mol. The number of nitrogens with zero attached hydrogens (tertiary/aromatic N) is 2. The fraction of sp³-hybridized carbons (Fsp3) is 0.812. The number of aromatic nitrogens is 2. The molecule has 2 saturated carbocycles. The third kappa shape index (κ3) is 3.69. The van der Waals surface area contributed by atoms with E-state index in [1.807, 2.05) is 13.8 Å². The van der Waals surface area contributed by atoms with Gasteiger partial charge in [-0.15, -0.1) is 12.4 Å². The topological polar surface area (TPSA) is 94.0 Å². The molecule has 130 valence electrons. The van der Waals surface area contributed by atoms with E-state index in [1.54, 1.807) is 6.92 Å². The Labute approximate surface area is 143 Å². The molecule has 2 aliphatic rings. The summed E-state index contributed by atoms with van der Waals surface area (Å²) in [7, 11) is 0. The maximum absolute atomic E-state index is 12.7. The van der Waals surface area contributed by atoms with Gasteiger partial charge in [-0.3, -0.25) is 4.79 Å². The van der Waals surface area contributed by atoms with Gasteiger partial charge in [0, 0.05) is 18.9 Å². The molecule has 1 aromatic heterocycles. The van der Waals surface area contributed by atoms with Crippen LogP contribution in [0.15, 0.2) is 4.52 Å². The third-order valence-corrected chi connectivity index (χ3v) is 5.31. The van der Waals surface area contributed by atoms with Crippen LogP contribution in [0.4, 0.5) is 0 Å². The molecule has 0 spiro atoms. The largest absolute Gasteiger partial charge is 0.344 e. The Hall–Kier alpha value is -1.14. The highest BCUT2D eigenvalue weighted by molar-refractivity contribution is 5.85. The van der Waals surface area contributed by atoms with E-state index in [0.717, 1.165) is 25.7 Å². The van der Waals surface area contributed by atoms with Crippen LogP contribution in [0, 0.1) is 24.7 Å². The van der Waals surface area contributed by atoms with Gasteiger partial charge in [-0.1, -0.05) is 11.6 Å². The molecule has 1 amide bonds. The summed E-state index contributed by atoms with van der Waals surface area (Å²) in [6, 6.07) is 0.283. The van der Waals surface area contributed by atoms with E-state index in [9.17, 15) is 4.79 Å². The van der Waals surface area contributed by atoms with E-state index in [-0.39, 0.29) is 30.3 Å². The van der Waals surface area contributed by atoms with Crippen molar-refractivity contribution in [3.63, 3.8) is 0 Å². The lowest BCUT2D eigenvalue weighted by molar-refractivity contribution is -0.129. The highest BCUT2D eigenvalue weighted by Crippen LogP contribution is 2.42. The lowest BCUT2D eigenvalue weighted by Gasteiger charge is -2.44. The van der Waals surface area contributed by atoms with Gasteiger partial charge in [0.05, 0.1) is 5.54 Å². The molecular formula is C16H27ClN4O2. The minimum Gasteiger partial charge on any atom is -0.344 e. The molecule has 2 aliphatic carbocycles. The average molecular weight is 343 g/mol. The van der Waals surface area contributed by atoms with Crippen molar-refractivity contribution in [2.24, 2.45) is 23.5 Å². The molecule has 2 unspecified atom stereocenters. The van der Waals surface area contributed by atoms with Gasteiger partial charge in [0.15, 0.2) is 5.82 Å². The van der Waals surface area contributed by atoms with Crippen LogP contribution in [0.5, 0.6) is 0 Å². The predicted octanol–water partition coefficient (Wildman–Crippen LogP) is 2.30. The first kappa shape index (κ1) is 18.2. The van der Waals surface area contributed by atoms with Gasteiger partial charge in [-0.05, 0) is 51.4 Å². The van der Waals surface area contributed by atoms with E-state index >= 15 is 0 Å². The lowest BCUT2D eigenvalue weighted by Crippen LogP contribution is -2.51. The van der Waals surface area contributed by atoms with Gasteiger partial charge in [0.1, 0.15) is 0 Å². The molecule has 3 rings (SSSR count). The summed E-state index contributed by atoms with van der Waals surface area (Å²) in [5, 5.41) is 7.03. The molecule has 7 heteroatoms. The second-order valence-corrected chi connectivity index (χ2v) is 7.45. The smallest absolute Gasteiger partial charge is 0.223 e. The molecule has 2 bridgehead atoms. The van der Waals surface area contributed by atoms with Crippen LogP contribution in [-0.2, 0) is 10.3 Å². The number of fused-ring (bicyclic) bond motifs is 2. The molecule has 1 heterocycles. The second kappa shape index (κ2) is 6.77. The molecule has 0 radical (unpaired) electrons. The van der Waals surface area contributed by atoms with E-state index < -0.39 is 5.54 Å².